The van der Waals surface area contributed by atoms with Crippen LogP contribution in [0.2, 0.25) is 0 Å². The molecule has 42 heavy (non-hydrogen) atoms. The molecule has 1 saturated heterocycles. The van der Waals surface area contributed by atoms with E-state index in [2.05, 4.69) is 43.2 Å². The predicted molar refractivity (Wildman–Crippen MR) is 163 cm³/mol. The minimum absolute atomic E-state index is 0.0739. The Kier molecular flexibility index (Phi) is 10.2. The van der Waals surface area contributed by atoms with Gasteiger partial charge in [-0.05, 0) is 62.3 Å². The van der Waals surface area contributed by atoms with Gasteiger partial charge >= 0.3 is 12.1 Å². The van der Waals surface area contributed by atoms with Crippen molar-refractivity contribution in [1.29, 1.82) is 0 Å². The summed E-state index contributed by atoms with van der Waals surface area (Å²) < 4.78 is 17.5. The van der Waals surface area contributed by atoms with Crippen LogP contribution in [0.5, 0.6) is 11.6 Å². The Labute approximate surface area is 250 Å². The number of carboxylic acid groups (broad SMARTS) is 1. The largest absolute Gasteiger partial charge is 0.496 e. The Morgan fingerprint density at radius 3 is 2.24 bits per heavy atom. The third-order valence-corrected chi connectivity index (χ3v) is 7.61. The molecule has 0 aliphatic carbocycles. The molecule has 232 valence electrons. The number of benzene rings is 1. The monoisotopic (exact) mass is 583 g/mol. The number of carbonyl (C=O) groups excluding carboxylic acids is 1. The lowest BCUT2D eigenvalue weighted by Gasteiger charge is -2.35. The molecule has 0 saturated carbocycles. The Morgan fingerprint density at radius 1 is 1.05 bits per heavy atom. The highest BCUT2D eigenvalue weighted by Gasteiger charge is 2.59. The van der Waals surface area contributed by atoms with Crippen molar-refractivity contribution in [1.82, 2.24) is 15.2 Å². The molecular formula is C33H49N3O6. The van der Waals surface area contributed by atoms with Gasteiger partial charge in [-0.15, -0.1) is 0 Å². The molecule has 1 aromatic heterocycles. The minimum atomic E-state index is -1.16. The lowest BCUT2D eigenvalue weighted by atomic mass is 9.72. The molecule has 1 amide bonds. The van der Waals surface area contributed by atoms with E-state index in [0.29, 0.717) is 18.0 Å². The zero-order valence-electron chi connectivity index (χ0n) is 27.0. The van der Waals surface area contributed by atoms with Crippen LogP contribution in [0.4, 0.5) is 4.79 Å². The highest BCUT2D eigenvalue weighted by Crippen LogP contribution is 2.50. The molecule has 1 aromatic carbocycles. The number of methoxy groups -OCH3 is 1. The third-order valence-electron chi connectivity index (χ3n) is 7.61. The fourth-order valence-corrected chi connectivity index (χ4v) is 5.83. The number of likely N-dealkylation sites (tertiary alicyclic amines) is 1. The zero-order chi connectivity index (χ0) is 31.6. The Bertz CT molecular complexity index is 1250. The molecule has 9 nitrogen and oxygen atoms in total. The smallest absolute Gasteiger partial charge is 0.411 e. The number of carboxylic acids is 1. The van der Waals surface area contributed by atoms with E-state index in [4.69, 9.17) is 14.2 Å². The SMILES string of the molecule is COc1ccc(C(C)(C)C)cc1CN[C@H]1[C@H](C(C)(C)C)[C@@H](C(=O)O)N(C(=O)OC(C)C)[C@H]1c1cccnc1OC(C)C. The van der Waals surface area contributed by atoms with E-state index in [1.165, 1.54) is 4.90 Å². The lowest BCUT2D eigenvalue weighted by Crippen LogP contribution is -2.48. The first-order valence-electron chi connectivity index (χ1n) is 14.7. The van der Waals surface area contributed by atoms with E-state index < -0.39 is 47.6 Å². The molecule has 1 aliphatic rings. The molecule has 0 radical (unpaired) electrons. The Morgan fingerprint density at radius 2 is 1.71 bits per heavy atom. The second kappa shape index (κ2) is 12.9. The summed E-state index contributed by atoms with van der Waals surface area (Å²) in [6.45, 7) is 20.2. The maximum Gasteiger partial charge on any atom is 0.411 e. The highest BCUT2D eigenvalue weighted by molar-refractivity contribution is 5.82. The third kappa shape index (κ3) is 7.35. The Balaban J connectivity index is 2.24. The number of hydrogen-bond acceptors (Lipinski definition) is 7. The summed E-state index contributed by atoms with van der Waals surface area (Å²) in [5, 5.41) is 14.3. The van der Waals surface area contributed by atoms with Gasteiger partial charge in [0.25, 0.3) is 0 Å². The average molecular weight is 584 g/mol. The van der Waals surface area contributed by atoms with Gasteiger partial charge in [0, 0.05) is 35.8 Å². The summed E-state index contributed by atoms with van der Waals surface area (Å²) >= 11 is 0. The molecular weight excluding hydrogens is 534 g/mol. The molecule has 0 bridgehead atoms. The quantitative estimate of drug-likeness (QED) is 0.351. The molecule has 0 unspecified atom stereocenters. The van der Waals surface area contributed by atoms with Crippen LogP contribution < -0.4 is 14.8 Å². The molecule has 3 rings (SSSR count). The van der Waals surface area contributed by atoms with Crippen molar-refractivity contribution in [2.75, 3.05) is 7.11 Å². The molecule has 9 heteroatoms. The number of pyridine rings is 1. The topological polar surface area (TPSA) is 110 Å². The molecule has 2 N–H and O–H groups in total. The van der Waals surface area contributed by atoms with Crippen molar-refractivity contribution in [3.8, 4) is 11.6 Å². The first-order chi connectivity index (χ1) is 19.5. The van der Waals surface area contributed by atoms with Crippen molar-refractivity contribution in [2.24, 2.45) is 11.3 Å². The number of carbonyl (C=O) groups is 2. The maximum absolute atomic E-state index is 13.8. The van der Waals surface area contributed by atoms with Crippen molar-refractivity contribution in [3.63, 3.8) is 0 Å². The van der Waals surface area contributed by atoms with E-state index in [9.17, 15) is 14.7 Å². The van der Waals surface area contributed by atoms with Gasteiger partial charge in [-0.1, -0.05) is 53.7 Å². The van der Waals surface area contributed by atoms with Crippen molar-refractivity contribution < 1.29 is 28.9 Å². The summed E-state index contributed by atoms with van der Waals surface area (Å²) in [6, 6.07) is 7.40. The van der Waals surface area contributed by atoms with Crippen LogP contribution in [-0.2, 0) is 21.5 Å². The van der Waals surface area contributed by atoms with Gasteiger partial charge in [0.05, 0.1) is 25.4 Å². The zero-order valence-corrected chi connectivity index (χ0v) is 27.0. The van der Waals surface area contributed by atoms with Crippen molar-refractivity contribution >= 4 is 12.1 Å². The molecule has 4 atom stereocenters. The second-order valence-corrected chi connectivity index (χ2v) is 13.7. The molecule has 2 heterocycles. The van der Waals surface area contributed by atoms with Gasteiger partial charge in [-0.25, -0.2) is 14.6 Å². The lowest BCUT2D eigenvalue weighted by molar-refractivity contribution is -0.144. The number of nitrogens with zero attached hydrogens (tertiary/aromatic N) is 2. The highest BCUT2D eigenvalue weighted by atomic mass is 16.6. The summed E-state index contributed by atoms with van der Waals surface area (Å²) in [4.78, 5) is 32.7. The van der Waals surface area contributed by atoms with Crippen LogP contribution >= 0.6 is 0 Å². The number of hydrogen-bond donors (Lipinski definition) is 2. The van der Waals surface area contributed by atoms with Gasteiger partial charge in [-0.2, -0.15) is 0 Å². The maximum atomic E-state index is 13.8. The van der Waals surface area contributed by atoms with E-state index in [0.717, 1.165) is 16.9 Å². The van der Waals surface area contributed by atoms with Gasteiger partial charge in [0.2, 0.25) is 5.88 Å². The van der Waals surface area contributed by atoms with Crippen molar-refractivity contribution in [2.45, 2.75) is 112 Å². The number of nitrogens with one attached hydrogen (secondary N) is 1. The molecule has 2 aromatic rings. The fourth-order valence-electron chi connectivity index (χ4n) is 5.83. The van der Waals surface area contributed by atoms with Crippen LogP contribution in [0.25, 0.3) is 0 Å². The van der Waals surface area contributed by atoms with Gasteiger partial charge in [-0.3, -0.25) is 4.90 Å². The Hall–Kier alpha value is -3.33. The fraction of sp³-hybridized carbons (Fsp3) is 0.606. The number of aliphatic carboxylic acids is 1. The number of aromatic nitrogens is 1. The van der Waals surface area contributed by atoms with Gasteiger partial charge in [0.1, 0.15) is 11.8 Å². The first kappa shape index (κ1) is 33.2. The van der Waals surface area contributed by atoms with E-state index in [-0.39, 0.29) is 11.5 Å². The number of ether oxygens (including phenoxy) is 3. The van der Waals surface area contributed by atoms with Gasteiger partial charge < -0.3 is 24.6 Å². The van der Waals surface area contributed by atoms with E-state index >= 15 is 0 Å². The molecule has 0 spiro atoms. The number of amides is 1. The van der Waals surface area contributed by atoms with Crippen LogP contribution in [0.1, 0.15) is 92.0 Å². The molecule has 1 aliphatic heterocycles. The van der Waals surface area contributed by atoms with Crippen LogP contribution in [0.15, 0.2) is 36.5 Å². The van der Waals surface area contributed by atoms with E-state index in [1.807, 2.05) is 46.8 Å². The average Bonchev–Trinajstić information content (AvgIpc) is 3.22. The summed E-state index contributed by atoms with van der Waals surface area (Å²) in [7, 11) is 1.64. The van der Waals surface area contributed by atoms with Crippen LogP contribution in [-0.4, -0.2) is 58.5 Å². The summed E-state index contributed by atoms with van der Waals surface area (Å²) in [5.74, 6) is -0.498. The normalized spacial score (nSPS) is 21.1. The minimum Gasteiger partial charge on any atom is -0.496 e. The standard InChI is InChI=1S/C33H49N3O6/c1-19(2)41-29-23(13-12-16-34-29)27-26(35-18-21-17-22(32(5,6)7)14-15-24(21)40-11)25(33(8,9)10)28(30(37)38)36(27)31(39)42-20(3)4/h12-17,19-20,25-28,35H,18H2,1-11H3,(H,37,38)/t25-,26-,27-,28-/m0/s1. The predicted octanol–water partition coefficient (Wildman–Crippen LogP) is 6.35. The van der Waals surface area contributed by atoms with Crippen LogP contribution in [0.3, 0.4) is 0 Å². The first-order valence-corrected chi connectivity index (χ1v) is 14.7. The summed E-state index contributed by atoms with van der Waals surface area (Å²) in [6.07, 6.45) is 0.333. The molecule has 1 fully saturated rings. The summed E-state index contributed by atoms with van der Waals surface area (Å²) in [5.41, 5.74) is 2.13. The van der Waals surface area contributed by atoms with Crippen molar-refractivity contribution in [3.05, 3.63) is 53.2 Å². The number of rotatable bonds is 9. The van der Waals surface area contributed by atoms with Gasteiger partial charge in [0.15, 0.2) is 0 Å². The second-order valence-electron chi connectivity index (χ2n) is 13.7. The van der Waals surface area contributed by atoms with Crippen LogP contribution in [0, 0.1) is 11.3 Å². The van der Waals surface area contributed by atoms with E-state index in [1.54, 1.807) is 33.2 Å².